The van der Waals surface area contributed by atoms with Gasteiger partial charge in [-0.25, -0.2) is 9.59 Å². The van der Waals surface area contributed by atoms with Gasteiger partial charge < -0.3 is 24.1 Å². The molecular formula is C40H42Cl2N2O7. The summed E-state index contributed by atoms with van der Waals surface area (Å²) in [4.78, 5) is 31.5. The van der Waals surface area contributed by atoms with Gasteiger partial charge in [0, 0.05) is 28.7 Å². The summed E-state index contributed by atoms with van der Waals surface area (Å²) in [7, 11) is 3.09. The first-order valence-corrected chi connectivity index (χ1v) is 17.9. The number of methoxy groups -OCH3 is 2. The number of ether oxygens (including phenoxy) is 4. The van der Waals surface area contributed by atoms with Gasteiger partial charge in [0.1, 0.15) is 18.0 Å². The lowest BCUT2D eigenvalue weighted by molar-refractivity contribution is -0.0311. The van der Waals surface area contributed by atoms with Crippen molar-refractivity contribution < 1.29 is 33.6 Å². The van der Waals surface area contributed by atoms with E-state index in [0.717, 1.165) is 44.5 Å². The number of carbonyl (C=O) groups is 2. The molecule has 0 spiro atoms. The summed E-state index contributed by atoms with van der Waals surface area (Å²) >= 11 is 13.4. The van der Waals surface area contributed by atoms with Crippen LogP contribution in [-0.2, 0) is 28.9 Å². The van der Waals surface area contributed by atoms with Gasteiger partial charge in [0.05, 0.1) is 26.3 Å². The van der Waals surface area contributed by atoms with Crippen LogP contribution in [0.1, 0.15) is 58.5 Å². The third-order valence-electron chi connectivity index (χ3n) is 9.76. The highest BCUT2D eigenvalue weighted by molar-refractivity contribution is 6.36. The van der Waals surface area contributed by atoms with E-state index in [0.29, 0.717) is 55.4 Å². The second kappa shape index (κ2) is 16.3. The SMILES string of the molecule is CCc1cc(Cl)c(C[C@H](OC(=O)c2cccc(CN(C(=O)O[C@H]3CN4CCC3CC4)c3ccc(O)cc3)c2)c2ccc(OC)c(OC)c2)c(Cl)c1. The molecule has 0 saturated carbocycles. The lowest BCUT2D eigenvalue weighted by Gasteiger charge is -2.44. The molecule has 1 amide bonds. The number of halogens is 2. The fraction of sp³-hybridized carbons (Fsp3) is 0.350. The molecule has 0 radical (unpaired) electrons. The van der Waals surface area contributed by atoms with Crippen LogP contribution < -0.4 is 14.4 Å². The summed E-state index contributed by atoms with van der Waals surface area (Å²) in [6, 6.07) is 22.5. The predicted octanol–water partition coefficient (Wildman–Crippen LogP) is 8.66. The maximum Gasteiger partial charge on any atom is 0.414 e. The van der Waals surface area contributed by atoms with Crippen molar-refractivity contribution in [1.29, 1.82) is 0 Å². The molecule has 4 aromatic carbocycles. The van der Waals surface area contributed by atoms with Crippen molar-refractivity contribution in [3.05, 3.63) is 117 Å². The maximum atomic E-state index is 13.9. The summed E-state index contributed by atoms with van der Waals surface area (Å²) in [6.07, 6.45) is 1.54. The highest BCUT2D eigenvalue weighted by atomic mass is 35.5. The van der Waals surface area contributed by atoms with Crippen molar-refractivity contribution in [1.82, 2.24) is 4.90 Å². The summed E-state index contributed by atoms with van der Waals surface area (Å²) in [5, 5.41) is 10.9. The van der Waals surface area contributed by atoms with Gasteiger partial charge >= 0.3 is 12.1 Å². The molecule has 3 saturated heterocycles. The molecule has 268 valence electrons. The van der Waals surface area contributed by atoms with E-state index in [9.17, 15) is 14.7 Å². The Hall–Kier alpha value is -4.44. The third kappa shape index (κ3) is 8.55. The first kappa shape index (κ1) is 36.4. The number of nitrogens with zero attached hydrogens (tertiary/aromatic N) is 2. The lowest BCUT2D eigenvalue weighted by atomic mass is 9.86. The van der Waals surface area contributed by atoms with E-state index in [1.165, 1.54) is 17.0 Å². The molecule has 0 aromatic heterocycles. The van der Waals surface area contributed by atoms with Gasteiger partial charge in [-0.05, 0) is 121 Å². The Balaban J connectivity index is 1.26. The molecule has 3 fully saturated rings. The molecular weight excluding hydrogens is 691 g/mol. The Bertz CT molecular complexity index is 1840. The van der Waals surface area contributed by atoms with E-state index in [1.54, 1.807) is 56.7 Å². The quantitative estimate of drug-likeness (QED) is 0.145. The van der Waals surface area contributed by atoms with Gasteiger partial charge in [0.15, 0.2) is 11.5 Å². The number of aryl methyl sites for hydroxylation is 1. The molecule has 2 bridgehead atoms. The molecule has 7 rings (SSSR count). The molecule has 0 aliphatic carbocycles. The van der Waals surface area contributed by atoms with E-state index in [-0.39, 0.29) is 24.8 Å². The zero-order valence-electron chi connectivity index (χ0n) is 28.9. The van der Waals surface area contributed by atoms with Gasteiger partial charge in [0.25, 0.3) is 0 Å². The zero-order valence-corrected chi connectivity index (χ0v) is 30.5. The topological polar surface area (TPSA) is 97.8 Å². The van der Waals surface area contributed by atoms with E-state index < -0.39 is 18.2 Å². The Morgan fingerprint density at radius 3 is 2.24 bits per heavy atom. The van der Waals surface area contributed by atoms with Gasteiger partial charge in [-0.3, -0.25) is 9.80 Å². The predicted molar refractivity (Wildman–Crippen MR) is 197 cm³/mol. The van der Waals surface area contributed by atoms with Crippen molar-refractivity contribution in [2.24, 2.45) is 5.92 Å². The number of amides is 1. The number of phenolic OH excluding ortho intramolecular Hbond substituents is 1. The largest absolute Gasteiger partial charge is 0.508 e. The minimum Gasteiger partial charge on any atom is -0.508 e. The standard InChI is InChI=1S/C40H42Cl2N2O7/c1-4-25-19-33(41)32(34(42)20-25)22-36(28-8-13-35(48-2)37(21-28)49-3)50-39(46)29-7-5-6-26(18-29)23-44(30-9-11-31(45)12-10-30)40(47)51-38-24-43-16-14-27(38)15-17-43/h5-13,18-21,27,36,38,45H,4,14-17,22-24H2,1-3H3/t36-,38-/m0/s1. The molecule has 3 aliphatic rings. The fourth-order valence-corrected chi connectivity index (χ4v) is 7.51. The second-order valence-corrected chi connectivity index (χ2v) is 13.8. The number of carbonyl (C=O) groups excluding carboxylic acids is 2. The molecule has 4 aromatic rings. The molecule has 9 nitrogen and oxygen atoms in total. The van der Waals surface area contributed by atoms with Crippen molar-refractivity contribution in [3.8, 4) is 17.2 Å². The number of hydrogen-bond acceptors (Lipinski definition) is 8. The number of fused-ring (bicyclic) bond motifs is 3. The van der Waals surface area contributed by atoms with Gasteiger partial charge in [0.2, 0.25) is 0 Å². The first-order chi connectivity index (χ1) is 24.6. The Labute approximate surface area is 308 Å². The molecule has 3 heterocycles. The summed E-state index contributed by atoms with van der Waals surface area (Å²) < 4.78 is 23.3. The average molecular weight is 734 g/mol. The van der Waals surface area contributed by atoms with E-state index in [1.807, 2.05) is 31.2 Å². The highest BCUT2D eigenvalue weighted by Gasteiger charge is 2.37. The summed E-state index contributed by atoms with van der Waals surface area (Å²) in [5.41, 5.74) is 3.86. The highest BCUT2D eigenvalue weighted by Crippen LogP contribution is 2.37. The fourth-order valence-electron chi connectivity index (χ4n) is 6.83. The number of anilines is 1. The summed E-state index contributed by atoms with van der Waals surface area (Å²) in [5.74, 6) is 0.873. The second-order valence-electron chi connectivity index (χ2n) is 13.0. The van der Waals surface area contributed by atoms with Crippen LogP contribution in [0.15, 0.2) is 78.9 Å². The van der Waals surface area contributed by atoms with Crippen LogP contribution in [0.25, 0.3) is 0 Å². The molecule has 11 heteroatoms. The smallest absolute Gasteiger partial charge is 0.414 e. The normalized spacial score (nSPS) is 18.5. The Morgan fingerprint density at radius 1 is 0.902 bits per heavy atom. The van der Waals surface area contributed by atoms with Crippen LogP contribution in [0.5, 0.6) is 17.2 Å². The van der Waals surface area contributed by atoms with Crippen molar-refractivity contribution >= 4 is 41.0 Å². The van der Waals surface area contributed by atoms with E-state index >= 15 is 0 Å². The Morgan fingerprint density at radius 2 is 1.61 bits per heavy atom. The lowest BCUT2D eigenvalue weighted by Crippen LogP contribution is -2.53. The third-order valence-corrected chi connectivity index (χ3v) is 10.4. The zero-order chi connectivity index (χ0) is 36.1. The number of rotatable bonds is 12. The van der Waals surface area contributed by atoms with Crippen LogP contribution in [-0.4, -0.2) is 62.0 Å². The minimum atomic E-state index is -0.784. The molecule has 0 unspecified atom stereocenters. The van der Waals surface area contributed by atoms with Gasteiger partial charge in [-0.2, -0.15) is 0 Å². The number of piperidine rings is 3. The maximum absolute atomic E-state index is 13.9. The van der Waals surface area contributed by atoms with E-state index in [4.69, 9.17) is 42.1 Å². The van der Waals surface area contributed by atoms with Gasteiger partial charge in [-0.1, -0.05) is 48.3 Å². The molecule has 3 aliphatic heterocycles. The van der Waals surface area contributed by atoms with Crippen molar-refractivity contribution in [2.75, 3.05) is 38.8 Å². The van der Waals surface area contributed by atoms with Crippen LogP contribution in [0.3, 0.4) is 0 Å². The number of esters is 1. The number of hydrogen-bond donors (Lipinski definition) is 1. The number of phenols is 1. The minimum absolute atomic E-state index is 0.0853. The molecule has 1 N–H and O–H groups in total. The monoisotopic (exact) mass is 732 g/mol. The summed E-state index contributed by atoms with van der Waals surface area (Å²) in [6.45, 7) is 4.93. The Kier molecular flexibility index (Phi) is 11.6. The van der Waals surface area contributed by atoms with Crippen LogP contribution in [0, 0.1) is 5.92 Å². The van der Waals surface area contributed by atoms with Gasteiger partial charge in [-0.15, -0.1) is 0 Å². The molecule has 51 heavy (non-hydrogen) atoms. The number of aromatic hydroxyl groups is 1. The van der Waals surface area contributed by atoms with Crippen LogP contribution in [0.2, 0.25) is 10.0 Å². The van der Waals surface area contributed by atoms with Crippen LogP contribution in [0.4, 0.5) is 10.5 Å². The van der Waals surface area contributed by atoms with Crippen molar-refractivity contribution in [2.45, 2.75) is 51.4 Å². The van der Waals surface area contributed by atoms with Crippen molar-refractivity contribution in [3.63, 3.8) is 0 Å². The van der Waals surface area contributed by atoms with Crippen LogP contribution >= 0.6 is 23.2 Å². The molecule has 2 atom stereocenters. The first-order valence-electron chi connectivity index (χ1n) is 17.1. The number of benzene rings is 4. The average Bonchev–Trinajstić information content (AvgIpc) is 3.15. The van der Waals surface area contributed by atoms with E-state index in [2.05, 4.69) is 4.90 Å².